The molecule has 0 amide bonds. The van der Waals surface area contributed by atoms with Gasteiger partial charge in [-0.1, -0.05) is 20.3 Å². The van der Waals surface area contributed by atoms with Crippen LogP contribution in [-0.2, 0) is 6.42 Å². The molecular formula is C20H29N7O2. The molecule has 1 atom stereocenters. The molecule has 1 aliphatic heterocycles. The number of anilines is 3. The zero-order valence-electron chi connectivity index (χ0n) is 17.0. The molecule has 29 heavy (non-hydrogen) atoms. The Balaban J connectivity index is 2.08. The number of nitrogen functional groups attached to an aromatic ring is 2. The van der Waals surface area contributed by atoms with Crippen LogP contribution < -0.4 is 21.7 Å². The second-order valence-electron chi connectivity index (χ2n) is 7.36. The van der Waals surface area contributed by atoms with Crippen molar-refractivity contribution in [2.75, 3.05) is 36.0 Å². The highest BCUT2D eigenvalue weighted by atomic mass is 16.6. The molecule has 2 aromatic rings. The van der Waals surface area contributed by atoms with Crippen molar-refractivity contribution >= 4 is 22.9 Å². The number of rotatable bonds is 8. The van der Waals surface area contributed by atoms with Gasteiger partial charge in [0.05, 0.1) is 4.92 Å². The molecule has 0 radical (unpaired) electrons. The normalized spacial score (nSPS) is 16.3. The van der Waals surface area contributed by atoms with Crippen molar-refractivity contribution in [3.63, 3.8) is 0 Å². The third-order valence-corrected chi connectivity index (χ3v) is 5.20. The topological polar surface area (TPSA) is 136 Å². The number of hydrogen-bond acceptors (Lipinski definition) is 8. The highest BCUT2D eigenvalue weighted by Crippen LogP contribution is 2.38. The van der Waals surface area contributed by atoms with Crippen molar-refractivity contribution in [2.24, 2.45) is 0 Å². The second kappa shape index (κ2) is 9.04. The number of nitro benzene ring substituents is 1. The summed E-state index contributed by atoms with van der Waals surface area (Å²) < 4.78 is 0. The number of aryl methyl sites for hydroxylation is 1. The summed E-state index contributed by atoms with van der Waals surface area (Å²) in [7, 11) is 0. The SMILES string of the molecule is CCCCc1cc(N2CCC(NCC)C2)nc(-c2c(N)ccc(N)c2[N+](=O)[O-])n1. The van der Waals surface area contributed by atoms with Crippen molar-refractivity contribution in [1.82, 2.24) is 15.3 Å². The maximum absolute atomic E-state index is 11.7. The molecule has 1 fully saturated rings. The number of benzene rings is 1. The lowest BCUT2D eigenvalue weighted by Gasteiger charge is -2.20. The van der Waals surface area contributed by atoms with Crippen molar-refractivity contribution < 1.29 is 4.92 Å². The molecule has 0 saturated carbocycles. The predicted octanol–water partition coefficient (Wildman–Crippen LogP) is 2.75. The molecule has 5 N–H and O–H groups in total. The molecule has 1 unspecified atom stereocenters. The van der Waals surface area contributed by atoms with Crippen LogP contribution in [0.2, 0.25) is 0 Å². The minimum absolute atomic E-state index is 0.0525. The number of nitro groups is 1. The summed E-state index contributed by atoms with van der Waals surface area (Å²) in [5.41, 5.74) is 13.1. The highest BCUT2D eigenvalue weighted by molar-refractivity contribution is 5.87. The van der Waals surface area contributed by atoms with E-state index in [0.717, 1.165) is 56.8 Å². The monoisotopic (exact) mass is 399 g/mol. The van der Waals surface area contributed by atoms with Crippen molar-refractivity contribution in [3.8, 4) is 11.4 Å². The van der Waals surface area contributed by atoms with E-state index in [2.05, 4.69) is 34.0 Å². The van der Waals surface area contributed by atoms with Crippen LogP contribution in [0.4, 0.5) is 22.9 Å². The van der Waals surface area contributed by atoms with Crippen LogP contribution in [0.3, 0.4) is 0 Å². The molecule has 0 aliphatic carbocycles. The average molecular weight is 399 g/mol. The van der Waals surface area contributed by atoms with Crippen molar-refractivity contribution in [2.45, 2.75) is 45.6 Å². The van der Waals surface area contributed by atoms with Crippen LogP contribution in [0.5, 0.6) is 0 Å². The van der Waals surface area contributed by atoms with Gasteiger partial charge in [-0.25, -0.2) is 9.97 Å². The van der Waals surface area contributed by atoms with E-state index in [-0.39, 0.29) is 28.5 Å². The summed E-state index contributed by atoms with van der Waals surface area (Å²) in [5, 5.41) is 15.1. The summed E-state index contributed by atoms with van der Waals surface area (Å²) in [4.78, 5) is 22.7. The third kappa shape index (κ3) is 4.56. The van der Waals surface area contributed by atoms with E-state index < -0.39 is 4.92 Å². The summed E-state index contributed by atoms with van der Waals surface area (Å²) >= 11 is 0. The first-order chi connectivity index (χ1) is 13.9. The molecule has 9 nitrogen and oxygen atoms in total. The first kappa shape index (κ1) is 20.8. The van der Waals surface area contributed by atoms with Crippen molar-refractivity contribution in [1.29, 1.82) is 0 Å². The van der Waals surface area contributed by atoms with E-state index in [1.165, 1.54) is 6.07 Å². The lowest BCUT2D eigenvalue weighted by molar-refractivity contribution is -0.383. The first-order valence-corrected chi connectivity index (χ1v) is 10.1. The maximum atomic E-state index is 11.7. The Kier molecular flexibility index (Phi) is 6.48. The highest BCUT2D eigenvalue weighted by Gasteiger charge is 2.27. The van der Waals surface area contributed by atoms with Gasteiger partial charge in [-0.15, -0.1) is 0 Å². The Hall–Kier alpha value is -2.94. The molecular weight excluding hydrogens is 370 g/mol. The van der Waals surface area contributed by atoms with E-state index in [1.54, 1.807) is 6.07 Å². The van der Waals surface area contributed by atoms with Gasteiger partial charge in [-0.05, 0) is 37.9 Å². The zero-order valence-corrected chi connectivity index (χ0v) is 17.0. The smallest absolute Gasteiger partial charge is 0.305 e. The fourth-order valence-corrected chi connectivity index (χ4v) is 3.72. The summed E-state index contributed by atoms with van der Waals surface area (Å²) in [6.07, 6.45) is 3.81. The Morgan fingerprint density at radius 1 is 1.28 bits per heavy atom. The fourth-order valence-electron chi connectivity index (χ4n) is 3.72. The molecule has 3 rings (SSSR count). The molecule has 1 aliphatic rings. The van der Waals surface area contributed by atoms with Crippen LogP contribution in [0.1, 0.15) is 38.8 Å². The van der Waals surface area contributed by atoms with Gasteiger partial charge in [0.15, 0.2) is 5.82 Å². The van der Waals surface area contributed by atoms with Gasteiger partial charge in [-0.2, -0.15) is 0 Å². The van der Waals surface area contributed by atoms with E-state index in [1.807, 2.05) is 6.07 Å². The fraction of sp³-hybridized carbons (Fsp3) is 0.500. The van der Waals surface area contributed by atoms with E-state index in [0.29, 0.717) is 6.04 Å². The summed E-state index contributed by atoms with van der Waals surface area (Å²) in [6, 6.07) is 5.41. The standard InChI is InChI=1S/C20H29N7O2/c1-3-5-6-13-11-17(26-10-9-14(12-26)23-4-2)25-20(24-13)18-15(21)7-8-16(22)19(18)27(28)29/h7-8,11,14,23H,3-6,9-10,12,21-22H2,1-2H3. The minimum Gasteiger partial charge on any atom is -0.398 e. The Bertz CT molecular complexity index is 887. The molecule has 1 aromatic heterocycles. The first-order valence-electron chi connectivity index (χ1n) is 10.1. The molecule has 2 heterocycles. The van der Waals surface area contributed by atoms with Gasteiger partial charge in [0, 0.05) is 36.6 Å². The Morgan fingerprint density at radius 3 is 2.72 bits per heavy atom. The van der Waals surface area contributed by atoms with Gasteiger partial charge < -0.3 is 21.7 Å². The number of nitrogens with one attached hydrogen (secondary N) is 1. The van der Waals surface area contributed by atoms with Gasteiger partial charge in [-0.3, -0.25) is 10.1 Å². The van der Waals surface area contributed by atoms with Gasteiger partial charge in [0.1, 0.15) is 17.1 Å². The number of likely N-dealkylation sites (N-methyl/N-ethyl adjacent to an activating group) is 1. The maximum Gasteiger partial charge on any atom is 0.305 e. The quantitative estimate of drug-likeness (QED) is 0.350. The average Bonchev–Trinajstić information content (AvgIpc) is 3.16. The number of aromatic nitrogens is 2. The number of unbranched alkanes of at least 4 members (excludes halogenated alkanes) is 1. The molecule has 1 aromatic carbocycles. The summed E-state index contributed by atoms with van der Waals surface area (Å²) in [5.74, 6) is 1.04. The number of hydrogen-bond donors (Lipinski definition) is 3. The summed E-state index contributed by atoms with van der Waals surface area (Å²) in [6.45, 7) is 6.84. The van der Waals surface area contributed by atoms with Gasteiger partial charge in [0.25, 0.3) is 0 Å². The van der Waals surface area contributed by atoms with E-state index in [9.17, 15) is 10.1 Å². The lowest BCUT2D eigenvalue weighted by atomic mass is 10.1. The van der Waals surface area contributed by atoms with Crippen LogP contribution in [-0.4, -0.2) is 40.6 Å². The van der Waals surface area contributed by atoms with Crippen LogP contribution in [0.15, 0.2) is 18.2 Å². The third-order valence-electron chi connectivity index (χ3n) is 5.20. The van der Waals surface area contributed by atoms with Crippen LogP contribution in [0, 0.1) is 10.1 Å². The zero-order chi connectivity index (χ0) is 21.0. The Labute approximate surface area is 170 Å². The Morgan fingerprint density at radius 2 is 2.03 bits per heavy atom. The second-order valence-corrected chi connectivity index (χ2v) is 7.36. The molecule has 0 spiro atoms. The minimum atomic E-state index is -0.514. The molecule has 0 bridgehead atoms. The molecule has 156 valence electrons. The molecule has 9 heteroatoms. The molecule has 1 saturated heterocycles. The van der Waals surface area contributed by atoms with Gasteiger partial charge >= 0.3 is 5.69 Å². The van der Waals surface area contributed by atoms with Gasteiger partial charge in [0.2, 0.25) is 0 Å². The van der Waals surface area contributed by atoms with E-state index in [4.69, 9.17) is 11.5 Å². The number of nitrogens with zero attached hydrogens (tertiary/aromatic N) is 4. The predicted molar refractivity (Wildman–Crippen MR) is 116 cm³/mol. The van der Waals surface area contributed by atoms with Crippen molar-refractivity contribution in [3.05, 3.63) is 34.0 Å². The van der Waals surface area contributed by atoms with E-state index >= 15 is 0 Å². The lowest BCUT2D eigenvalue weighted by Crippen LogP contribution is -2.32. The van der Waals surface area contributed by atoms with Crippen LogP contribution >= 0.6 is 0 Å². The largest absolute Gasteiger partial charge is 0.398 e. The number of nitrogens with two attached hydrogens (primary N) is 2. The van der Waals surface area contributed by atoms with Crippen LogP contribution in [0.25, 0.3) is 11.4 Å².